The van der Waals surface area contributed by atoms with Crippen LogP contribution < -0.4 is 10.0 Å². The first-order valence-corrected chi connectivity index (χ1v) is 10.4. The van der Waals surface area contributed by atoms with E-state index in [9.17, 15) is 13.5 Å². The zero-order valence-corrected chi connectivity index (χ0v) is 16.1. The molecule has 0 spiro atoms. The van der Waals surface area contributed by atoms with E-state index in [1.807, 2.05) is 31.3 Å². The summed E-state index contributed by atoms with van der Waals surface area (Å²) >= 11 is 0. The van der Waals surface area contributed by atoms with Crippen LogP contribution in [0.25, 0.3) is 16.8 Å². The Bertz CT molecular complexity index is 1010. The van der Waals surface area contributed by atoms with Gasteiger partial charge in [-0.25, -0.2) is 17.9 Å². The number of anilines is 2. The quantitative estimate of drug-likeness (QED) is 0.546. The van der Waals surface area contributed by atoms with Crippen molar-refractivity contribution in [3.05, 3.63) is 42.7 Å². The number of hydrogen-bond donors (Lipinski definition) is 3. The summed E-state index contributed by atoms with van der Waals surface area (Å²) < 4.78 is 27.5. The van der Waals surface area contributed by atoms with Gasteiger partial charge in [0.25, 0.3) is 0 Å². The highest BCUT2D eigenvalue weighted by atomic mass is 32.2. The number of aliphatic hydroxyl groups excluding tert-OH is 1. The zero-order chi connectivity index (χ0) is 19.4. The first-order valence-electron chi connectivity index (χ1n) is 8.78. The van der Waals surface area contributed by atoms with Crippen molar-refractivity contribution in [2.75, 3.05) is 22.4 Å². The van der Waals surface area contributed by atoms with Crippen molar-refractivity contribution in [2.45, 2.75) is 26.3 Å². The highest BCUT2D eigenvalue weighted by Crippen LogP contribution is 2.26. The summed E-state index contributed by atoms with van der Waals surface area (Å²) in [5.74, 6) is 0.687. The molecular formula is C18H23N5O3S. The fourth-order valence-corrected chi connectivity index (χ4v) is 3.25. The monoisotopic (exact) mass is 389 g/mol. The molecule has 0 radical (unpaired) electrons. The summed E-state index contributed by atoms with van der Waals surface area (Å²) in [5, 5.41) is 16.9. The lowest BCUT2D eigenvalue weighted by molar-refractivity contribution is 0.271. The molecule has 9 heteroatoms. The summed E-state index contributed by atoms with van der Waals surface area (Å²) in [4.78, 5) is 4.61. The van der Waals surface area contributed by atoms with Crippen LogP contribution in [0, 0.1) is 0 Å². The Labute approximate surface area is 158 Å². The average Bonchev–Trinajstić information content (AvgIpc) is 3.09. The highest BCUT2D eigenvalue weighted by Gasteiger charge is 2.12. The molecule has 0 fully saturated rings. The molecule has 1 atom stereocenters. The van der Waals surface area contributed by atoms with Gasteiger partial charge in [-0.15, -0.1) is 0 Å². The molecule has 0 aliphatic heterocycles. The molecule has 0 aliphatic carbocycles. The van der Waals surface area contributed by atoms with Gasteiger partial charge in [0, 0.05) is 17.4 Å². The maximum atomic E-state index is 11.7. The first-order chi connectivity index (χ1) is 13.0. The average molecular weight is 389 g/mol. The third-order valence-corrected chi connectivity index (χ3v) is 5.59. The van der Waals surface area contributed by atoms with Crippen molar-refractivity contribution in [3.63, 3.8) is 0 Å². The van der Waals surface area contributed by atoms with E-state index in [4.69, 9.17) is 0 Å². The molecule has 0 aliphatic rings. The Kier molecular flexibility index (Phi) is 5.62. The molecular weight excluding hydrogens is 366 g/mol. The SMILES string of the molecule is CCC(CO)Nc1ccn2ncc(-c3ccc(NS(=O)(=O)CC)cc3)c2n1. The molecule has 0 bridgehead atoms. The van der Waals surface area contributed by atoms with Crippen LogP contribution in [-0.2, 0) is 10.0 Å². The maximum Gasteiger partial charge on any atom is 0.232 e. The number of sulfonamides is 1. The van der Waals surface area contributed by atoms with Gasteiger partial charge in [-0.1, -0.05) is 19.1 Å². The molecule has 1 unspecified atom stereocenters. The third kappa shape index (κ3) is 4.37. The number of rotatable bonds is 8. The Morgan fingerprint density at radius 2 is 1.93 bits per heavy atom. The second-order valence-electron chi connectivity index (χ2n) is 6.15. The lowest BCUT2D eigenvalue weighted by Crippen LogP contribution is -2.23. The lowest BCUT2D eigenvalue weighted by Gasteiger charge is -2.14. The molecule has 0 saturated heterocycles. The van der Waals surface area contributed by atoms with Crippen molar-refractivity contribution in [1.82, 2.24) is 14.6 Å². The van der Waals surface area contributed by atoms with E-state index in [0.717, 1.165) is 17.5 Å². The molecule has 8 nitrogen and oxygen atoms in total. The standard InChI is InChI=1S/C18H23N5O3S/c1-3-14(12-24)20-17-9-10-23-18(21-17)16(11-19-23)13-5-7-15(8-6-13)22-27(25,26)4-2/h5-11,14,22,24H,3-4,12H2,1-2H3,(H,20,21). The lowest BCUT2D eigenvalue weighted by atomic mass is 10.1. The highest BCUT2D eigenvalue weighted by molar-refractivity contribution is 7.92. The van der Waals surface area contributed by atoms with Gasteiger partial charge in [0.1, 0.15) is 5.82 Å². The summed E-state index contributed by atoms with van der Waals surface area (Å²) in [5.41, 5.74) is 2.90. The van der Waals surface area contributed by atoms with Crippen LogP contribution >= 0.6 is 0 Å². The van der Waals surface area contributed by atoms with Gasteiger partial charge in [-0.3, -0.25) is 4.72 Å². The molecule has 0 saturated carbocycles. The van der Waals surface area contributed by atoms with Gasteiger partial charge in [-0.2, -0.15) is 5.10 Å². The van der Waals surface area contributed by atoms with E-state index >= 15 is 0 Å². The van der Waals surface area contributed by atoms with Gasteiger partial charge >= 0.3 is 0 Å². The van der Waals surface area contributed by atoms with E-state index in [2.05, 4.69) is 20.1 Å². The predicted molar refractivity (Wildman–Crippen MR) is 106 cm³/mol. The van der Waals surface area contributed by atoms with Crippen LogP contribution in [0.1, 0.15) is 20.3 Å². The van der Waals surface area contributed by atoms with Crippen molar-refractivity contribution < 1.29 is 13.5 Å². The van der Waals surface area contributed by atoms with Crippen LogP contribution in [0.5, 0.6) is 0 Å². The summed E-state index contributed by atoms with van der Waals surface area (Å²) in [6.45, 7) is 3.61. The molecule has 144 valence electrons. The number of hydrogen-bond acceptors (Lipinski definition) is 6. The molecule has 2 heterocycles. The third-order valence-electron chi connectivity index (χ3n) is 4.28. The molecule has 27 heavy (non-hydrogen) atoms. The topological polar surface area (TPSA) is 109 Å². The van der Waals surface area contributed by atoms with Crippen LogP contribution in [-0.4, -0.2) is 46.5 Å². The number of aromatic nitrogens is 3. The second kappa shape index (κ2) is 7.93. The fourth-order valence-electron chi connectivity index (χ4n) is 2.61. The van der Waals surface area contributed by atoms with Crippen LogP contribution in [0.15, 0.2) is 42.7 Å². The molecule has 3 N–H and O–H groups in total. The number of nitrogens with zero attached hydrogens (tertiary/aromatic N) is 3. The van der Waals surface area contributed by atoms with Gasteiger partial charge in [0.05, 0.1) is 24.6 Å². The van der Waals surface area contributed by atoms with E-state index in [-0.39, 0.29) is 18.4 Å². The Morgan fingerprint density at radius 3 is 2.56 bits per heavy atom. The molecule has 3 rings (SSSR count). The Hall–Kier alpha value is -2.65. The van der Waals surface area contributed by atoms with Crippen LogP contribution in [0.3, 0.4) is 0 Å². The molecule has 1 aromatic carbocycles. The summed E-state index contributed by atoms with van der Waals surface area (Å²) in [6.07, 6.45) is 4.31. The van der Waals surface area contributed by atoms with Crippen LogP contribution in [0.4, 0.5) is 11.5 Å². The van der Waals surface area contributed by atoms with E-state index in [1.165, 1.54) is 0 Å². The van der Waals surface area contributed by atoms with E-state index in [0.29, 0.717) is 17.2 Å². The summed E-state index contributed by atoms with van der Waals surface area (Å²) in [7, 11) is -3.30. The fraction of sp³-hybridized carbons (Fsp3) is 0.333. The minimum atomic E-state index is -3.30. The smallest absolute Gasteiger partial charge is 0.232 e. The van der Waals surface area contributed by atoms with Gasteiger partial charge < -0.3 is 10.4 Å². The summed E-state index contributed by atoms with van der Waals surface area (Å²) in [6, 6.07) is 8.84. The number of fused-ring (bicyclic) bond motifs is 1. The van der Waals surface area contributed by atoms with Crippen molar-refractivity contribution >= 4 is 27.2 Å². The maximum absolute atomic E-state index is 11.7. The molecule has 2 aromatic heterocycles. The van der Waals surface area contributed by atoms with Gasteiger partial charge in [-0.05, 0) is 37.1 Å². The van der Waals surface area contributed by atoms with E-state index < -0.39 is 10.0 Å². The van der Waals surface area contributed by atoms with Crippen molar-refractivity contribution in [3.8, 4) is 11.1 Å². The first kappa shape index (κ1) is 19.1. The van der Waals surface area contributed by atoms with Crippen LogP contribution in [0.2, 0.25) is 0 Å². The number of benzene rings is 1. The molecule has 0 amide bonds. The number of aliphatic hydroxyl groups is 1. The van der Waals surface area contributed by atoms with Crippen molar-refractivity contribution in [1.29, 1.82) is 0 Å². The zero-order valence-electron chi connectivity index (χ0n) is 15.3. The Morgan fingerprint density at radius 1 is 1.19 bits per heavy atom. The van der Waals surface area contributed by atoms with Gasteiger partial charge in [0.15, 0.2) is 5.65 Å². The molecule has 3 aromatic rings. The van der Waals surface area contributed by atoms with Gasteiger partial charge in [0.2, 0.25) is 10.0 Å². The predicted octanol–water partition coefficient (Wildman–Crippen LogP) is 2.34. The minimum absolute atomic E-state index is 0.0229. The minimum Gasteiger partial charge on any atom is -0.394 e. The normalized spacial score (nSPS) is 12.9. The van der Waals surface area contributed by atoms with E-state index in [1.54, 1.807) is 29.8 Å². The largest absolute Gasteiger partial charge is 0.394 e. The second-order valence-corrected chi connectivity index (χ2v) is 8.17. The number of nitrogens with one attached hydrogen (secondary N) is 2. The van der Waals surface area contributed by atoms with Crippen molar-refractivity contribution in [2.24, 2.45) is 0 Å². The Balaban J connectivity index is 1.90.